The predicted octanol–water partition coefficient (Wildman–Crippen LogP) is 2.80. The van der Waals surface area contributed by atoms with Gasteiger partial charge in [0, 0.05) is 22.7 Å². The zero-order valence-electron chi connectivity index (χ0n) is 10.4. The fourth-order valence-corrected chi connectivity index (χ4v) is 3.45. The van der Waals surface area contributed by atoms with Crippen molar-refractivity contribution in [3.05, 3.63) is 57.3 Å². The zero-order chi connectivity index (χ0) is 12.5. The summed E-state index contributed by atoms with van der Waals surface area (Å²) in [6.45, 7) is 2.95. The minimum Gasteiger partial charge on any atom is -0.391 e. The third-order valence-corrected chi connectivity index (χ3v) is 4.50. The highest BCUT2D eigenvalue weighted by Gasteiger charge is 2.30. The predicted molar refractivity (Wildman–Crippen MR) is 74.8 cm³/mol. The molecule has 0 aliphatic heterocycles. The van der Waals surface area contributed by atoms with Gasteiger partial charge in [-0.1, -0.05) is 24.3 Å². The monoisotopic (exact) mass is 259 g/mol. The van der Waals surface area contributed by atoms with E-state index in [-0.39, 0.29) is 12.1 Å². The Hall–Kier alpha value is -1.16. The molecule has 2 aromatic rings. The van der Waals surface area contributed by atoms with Gasteiger partial charge >= 0.3 is 0 Å². The highest BCUT2D eigenvalue weighted by atomic mass is 32.1. The van der Waals surface area contributed by atoms with Crippen molar-refractivity contribution in [2.75, 3.05) is 0 Å². The minimum atomic E-state index is -0.302. The van der Waals surface area contributed by atoms with Crippen LogP contribution in [0.1, 0.15) is 26.9 Å². The summed E-state index contributed by atoms with van der Waals surface area (Å²) in [6, 6.07) is 12.7. The summed E-state index contributed by atoms with van der Waals surface area (Å²) in [4.78, 5) is 2.66. The van der Waals surface area contributed by atoms with E-state index in [0.717, 1.165) is 13.0 Å². The van der Waals surface area contributed by atoms with E-state index >= 15 is 0 Å². The molecule has 0 saturated heterocycles. The van der Waals surface area contributed by atoms with E-state index in [4.69, 9.17) is 0 Å². The molecule has 1 aliphatic rings. The Kier molecular flexibility index (Phi) is 3.20. The van der Waals surface area contributed by atoms with Crippen LogP contribution in [0.3, 0.4) is 0 Å². The molecule has 2 atom stereocenters. The van der Waals surface area contributed by atoms with Crippen LogP contribution < -0.4 is 5.32 Å². The molecule has 2 N–H and O–H groups in total. The number of aliphatic hydroxyl groups excluding tert-OH is 1. The molecule has 0 bridgehead atoms. The molecule has 1 aromatic carbocycles. The summed E-state index contributed by atoms with van der Waals surface area (Å²) >= 11 is 1.81. The van der Waals surface area contributed by atoms with Gasteiger partial charge < -0.3 is 10.4 Å². The summed E-state index contributed by atoms with van der Waals surface area (Å²) in [5.74, 6) is 0. The molecule has 2 nitrogen and oxygen atoms in total. The van der Waals surface area contributed by atoms with Crippen LogP contribution in [0, 0.1) is 6.92 Å². The van der Waals surface area contributed by atoms with Crippen molar-refractivity contribution in [3.8, 4) is 0 Å². The zero-order valence-corrected chi connectivity index (χ0v) is 11.2. The molecule has 94 valence electrons. The Morgan fingerprint density at radius 3 is 2.89 bits per heavy atom. The lowest BCUT2D eigenvalue weighted by molar-refractivity contribution is 0.141. The Labute approximate surface area is 111 Å². The SMILES string of the molecule is Cc1ccc(CN[C@@H]2c3ccccc3C[C@@H]2O)s1. The second-order valence-corrected chi connectivity index (χ2v) is 6.21. The van der Waals surface area contributed by atoms with Crippen LogP contribution in [0.4, 0.5) is 0 Å². The second-order valence-electron chi connectivity index (χ2n) is 4.84. The van der Waals surface area contributed by atoms with Crippen molar-refractivity contribution >= 4 is 11.3 Å². The smallest absolute Gasteiger partial charge is 0.0775 e. The maximum absolute atomic E-state index is 10.1. The average Bonchev–Trinajstić information content (AvgIpc) is 2.90. The first-order valence-corrected chi connectivity index (χ1v) is 7.10. The lowest BCUT2D eigenvalue weighted by Crippen LogP contribution is -2.28. The van der Waals surface area contributed by atoms with E-state index in [2.05, 4.69) is 36.5 Å². The van der Waals surface area contributed by atoms with Gasteiger partial charge in [0.25, 0.3) is 0 Å². The van der Waals surface area contributed by atoms with Gasteiger partial charge in [0.05, 0.1) is 12.1 Å². The van der Waals surface area contributed by atoms with Gasteiger partial charge in [-0.2, -0.15) is 0 Å². The van der Waals surface area contributed by atoms with Crippen LogP contribution in [0.5, 0.6) is 0 Å². The van der Waals surface area contributed by atoms with Crippen LogP contribution in [0.25, 0.3) is 0 Å². The molecule has 0 unspecified atom stereocenters. The molecule has 0 fully saturated rings. The Morgan fingerprint density at radius 2 is 2.11 bits per heavy atom. The number of fused-ring (bicyclic) bond motifs is 1. The quantitative estimate of drug-likeness (QED) is 0.888. The summed E-state index contributed by atoms with van der Waals surface area (Å²) in [5, 5.41) is 13.6. The number of aryl methyl sites for hydroxylation is 1. The molecule has 18 heavy (non-hydrogen) atoms. The summed E-state index contributed by atoms with van der Waals surface area (Å²) in [5.41, 5.74) is 2.52. The Morgan fingerprint density at radius 1 is 1.28 bits per heavy atom. The maximum Gasteiger partial charge on any atom is 0.0775 e. The number of benzene rings is 1. The normalized spacial score (nSPS) is 22.1. The standard InChI is InChI=1S/C15H17NOS/c1-10-6-7-12(18-10)9-16-15-13-5-3-2-4-11(13)8-14(15)17/h2-7,14-17H,8-9H2,1H3/t14-,15+/m0/s1. The first-order chi connectivity index (χ1) is 8.74. The Balaban J connectivity index is 1.73. The van der Waals surface area contributed by atoms with E-state index < -0.39 is 0 Å². The largest absolute Gasteiger partial charge is 0.391 e. The lowest BCUT2D eigenvalue weighted by atomic mass is 10.1. The molecule has 0 spiro atoms. The van der Waals surface area contributed by atoms with Crippen molar-refractivity contribution in [2.24, 2.45) is 0 Å². The molecule has 0 radical (unpaired) electrons. The van der Waals surface area contributed by atoms with Crippen LogP contribution >= 0.6 is 11.3 Å². The molecular formula is C15H17NOS. The van der Waals surface area contributed by atoms with E-state index in [1.165, 1.54) is 20.9 Å². The first-order valence-electron chi connectivity index (χ1n) is 6.28. The number of nitrogens with one attached hydrogen (secondary N) is 1. The molecule has 3 heteroatoms. The third kappa shape index (κ3) is 2.21. The minimum absolute atomic E-state index is 0.0728. The van der Waals surface area contributed by atoms with Gasteiger partial charge in [0.15, 0.2) is 0 Å². The Bertz CT molecular complexity index is 549. The van der Waals surface area contributed by atoms with Crippen LogP contribution in [0.15, 0.2) is 36.4 Å². The molecule has 0 amide bonds. The topological polar surface area (TPSA) is 32.3 Å². The highest BCUT2D eigenvalue weighted by Crippen LogP contribution is 2.31. The first kappa shape index (κ1) is 11.9. The van der Waals surface area contributed by atoms with Crippen LogP contribution in [0.2, 0.25) is 0 Å². The fourth-order valence-electron chi connectivity index (χ4n) is 2.61. The number of thiophene rings is 1. The molecule has 3 rings (SSSR count). The lowest BCUT2D eigenvalue weighted by Gasteiger charge is -2.17. The van der Waals surface area contributed by atoms with Gasteiger partial charge in [-0.15, -0.1) is 11.3 Å². The van der Waals surface area contributed by atoms with E-state index in [0.29, 0.717) is 0 Å². The van der Waals surface area contributed by atoms with Gasteiger partial charge in [0.2, 0.25) is 0 Å². The molecular weight excluding hydrogens is 242 g/mol. The van der Waals surface area contributed by atoms with Gasteiger partial charge in [-0.25, -0.2) is 0 Å². The third-order valence-electron chi connectivity index (χ3n) is 3.50. The molecule has 1 heterocycles. The summed E-state index contributed by atoms with van der Waals surface area (Å²) in [7, 11) is 0. The van der Waals surface area contributed by atoms with Crippen LogP contribution in [-0.4, -0.2) is 11.2 Å². The van der Waals surface area contributed by atoms with Crippen molar-refractivity contribution in [1.82, 2.24) is 5.32 Å². The number of hydrogen-bond donors (Lipinski definition) is 2. The molecule has 1 aliphatic carbocycles. The van der Waals surface area contributed by atoms with E-state index in [1.54, 1.807) is 0 Å². The van der Waals surface area contributed by atoms with Crippen molar-refractivity contribution in [1.29, 1.82) is 0 Å². The number of rotatable bonds is 3. The van der Waals surface area contributed by atoms with E-state index in [1.807, 2.05) is 23.5 Å². The fraction of sp³-hybridized carbons (Fsp3) is 0.333. The van der Waals surface area contributed by atoms with E-state index in [9.17, 15) is 5.11 Å². The second kappa shape index (κ2) is 4.84. The van der Waals surface area contributed by atoms with Crippen molar-refractivity contribution < 1.29 is 5.11 Å². The van der Waals surface area contributed by atoms with Crippen molar-refractivity contribution in [3.63, 3.8) is 0 Å². The van der Waals surface area contributed by atoms with Gasteiger partial charge in [-0.05, 0) is 30.2 Å². The number of hydrogen-bond acceptors (Lipinski definition) is 3. The molecule has 1 aromatic heterocycles. The average molecular weight is 259 g/mol. The van der Waals surface area contributed by atoms with Crippen molar-refractivity contribution in [2.45, 2.75) is 32.0 Å². The summed E-state index contributed by atoms with van der Waals surface area (Å²) in [6.07, 6.45) is 0.459. The summed E-state index contributed by atoms with van der Waals surface area (Å²) < 4.78 is 0. The molecule has 0 saturated carbocycles. The highest BCUT2D eigenvalue weighted by molar-refractivity contribution is 7.11. The van der Waals surface area contributed by atoms with Gasteiger partial charge in [0.1, 0.15) is 0 Å². The maximum atomic E-state index is 10.1. The van der Waals surface area contributed by atoms with Gasteiger partial charge in [-0.3, -0.25) is 0 Å². The van der Waals surface area contributed by atoms with Crippen LogP contribution in [-0.2, 0) is 13.0 Å². The number of aliphatic hydroxyl groups is 1.